The molecule has 0 saturated carbocycles. The average molecular weight is 333 g/mol. The predicted molar refractivity (Wildman–Crippen MR) is 84.1 cm³/mol. The number of benzene rings is 1. The maximum absolute atomic E-state index is 12.1. The third-order valence-electron chi connectivity index (χ3n) is 2.96. The van der Waals surface area contributed by atoms with E-state index in [1.165, 1.54) is 32.3 Å². The number of sulfonamides is 1. The van der Waals surface area contributed by atoms with Crippen LogP contribution in [0, 0.1) is 5.92 Å². The summed E-state index contributed by atoms with van der Waals surface area (Å²) in [5.41, 5.74) is 0.281. The van der Waals surface area contributed by atoms with Crippen molar-refractivity contribution in [2.24, 2.45) is 5.92 Å². The normalized spacial score (nSPS) is 12.0. The highest BCUT2D eigenvalue weighted by Crippen LogP contribution is 2.24. The van der Waals surface area contributed by atoms with E-state index >= 15 is 0 Å². The van der Waals surface area contributed by atoms with Gasteiger partial charge in [0.25, 0.3) is 5.91 Å². The predicted octanol–water partition coefficient (Wildman–Crippen LogP) is 2.37. The van der Waals surface area contributed by atoms with Gasteiger partial charge in [-0.3, -0.25) is 4.79 Å². The lowest BCUT2D eigenvalue weighted by Crippen LogP contribution is -2.26. The minimum absolute atomic E-state index is 0.0642. The second kappa shape index (κ2) is 7.24. The number of hydrogen-bond acceptors (Lipinski definition) is 3. The van der Waals surface area contributed by atoms with E-state index in [-0.39, 0.29) is 21.4 Å². The van der Waals surface area contributed by atoms with Gasteiger partial charge in [0, 0.05) is 26.2 Å². The van der Waals surface area contributed by atoms with Crippen LogP contribution >= 0.6 is 11.6 Å². The molecule has 0 aliphatic carbocycles. The fourth-order valence-corrected chi connectivity index (χ4v) is 3.01. The molecule has 0 saturated heterocycles. The summed E-state index contributed by atoms with van der Waals surface area (Å²) < 4.78 is 25.3. The third-order valence-corrected chi connectivity index (χ3v) is 5.26. The molecule has 0 aliphatic rings. The van der Waals surface area contributed by atoms with E-state index in [4.69, 9.17) is 11.6 Å². The van der Waals surface area contributed by atoms with Crippen LogP contribution in [0.1, 0.15) is 30.6 Å². The molecule has 1 N–H and O–H groups in total. The van der Waals surface area contributed by atoms with Crippen LogP contribution in [-0.2, 0) is 10.0 Å². The Labute approximate surface area is 131 Å². The van der Waals surface area contributed by atoms with Gasteiger partial charge >= 0.3 is 0 Å². The first kappa shape index (κ1) is 17.9. The molecule has 0 aliphatic heterocycles. The molecule has 7 heteroatoms. The molecule has 1 rings (SSSR count). The smallest absolute Gasteiger partial charge is 0.251 e. The Balaban J connectivity index is 3.00. The van der Waals surface area contributed by atoms with Crippen molar-refractivity contribution in [3.8, 4) is 0 Å². The van der Waals surface area contributed by atoms with Gasteiger partial charge in [-0.25, -0.2) is 12.7 Å². The topological polar surface area (TPSA) is 66.5 Å². The molecule has 1 amide bonds. The van der Waals surface area contributed by atoms with Crippen LogP contribution < -0.4 is 5.32 Å². The van der Waals surface area contributed by atoms with Gasteiger partial charge in [0.2, 0.25) is 10.0 Å². The van der Waals surface area contributed by atoms with Crippen LogP contribution in [0.25, 0.3) is 0 Å². The summed E-state index contributed by atoms with van der Waals surface area (Å²) in [6.45, 7) is 4.68. The van der Waals surface area contributed by atoms with Gasteiger partial charge in [0.05, 0.1) is 5.02 Å². The largest absolute Gasteiger partial charge is 0.352 e. The number of hydrogen-bond donors (Lipinski definition) is 1. The summed E-state index contributed by atoms with van der Waals surface area (Å²) in [6, 6.07) is 4.25. The second-order valence-corrected chi connectivity index (χ2v) is 7.90. The number of halogens is 1. The van der Waals surface area contributed by atoms with Crippen LogP contribution in [0.5, 0.6) is 0 Å². The minimum Gasteiger partial charge on any atom is -0.352 e. The number of nitrogens with zero attached hydrogens (tertiary/aromatic N) is 1. The molecule has 0 bridgehead atoms. The van der Waals surface area contributed by atoms with E-state index in [2.05, 4.69) is 19.2 Å². The Morgan fingerprint density at radius 2 is 1.95 bits per heavy atom. The number of rotatable bonds is 6. The van der Waals surface area contributed by atoms with Crippen molar-refractivity contribution in [2.75, 3.05) is 20.6 Å². The van der Waals surface area contributed by atoms with E-state index < -0.39 is 10.0 Å². The van der Waals surface area contributed by atoms with Crippen molar-refractivity contribution in [2.45, 2.75) is 25.2 Å². The van der Waals surface area contributed by atoms with Gasteiger partial charge in [-0.05, 0) is 30.5 Å². The molecule has 0 aromatic heterocycles. The molecule has 1 aromatic rings. The summed E-state index contributed by atoms with van der Waals surface area (Å²) in [5.74, 6) is 0.183. The summed E-state index contributed by atoms with van der Waals surface area (Å²) in [7, 11) is -0.841. The van der Waals surface area contributed by atoms with Gasteiger partial charge in [0.15, 0.2) is 0 Å². The maximum Gasteiger partial charge on any atom is 0.251 e. The Bertz CT molecular complexity index is 613. The first-order valence-corrected chi connectivity index (χ1v) is 8.48. The van der Waals surface area contributed by atoms with Crippen LogP contribution in [0.3, 0.4) is 0 Å². The van der Waals surface area contributed by atoms with Crippen LogP contribution in [0.4, 0.5) is 0 Å². The Kier molecular flexibility index (Phi) is 6.19. The Morgan fingerprint density at radius 1 is 1.33 bits per heavy atom. The van der Waals surface area contributed by atoms with Crippen molar-refractivity contribution < 1.29 is 13.2 Å². The fourth-order valence-electron chi connectivity index (χ4n) is 1.62. The number of amides is 1. The minimum atomic E-state index is -3.68. The molecular weight excluding hydrogens is 312 g/mol. The van der Waals surface area contributed by atoms with Crippen LogP contribution in [-0.4, -0.2) is 39.3 Å². The lowest BCUT2D eigenvalue weighted by Gasteiger charge is -2.14. The molecule has 0 fully saturated rings. The molecular formula is C14H21ClN2O3S. The quantitative estimate of drug-likeness (QED) is 0.869. The standard InChI is InChI=1S/C14H21ClN2O3S/c1-10(2)7-8-16-14(18)11-5-6-12(15)13(9-11)21(19,20)17(3)4/h5-6,9-10H,7-8H2,1-4H3,(H,16,18). The lowest BCUT2D eigenvalue weighted by atomic mass is 10.1. The molecule has 0 atom stereocenters. The molecule has 0 unspecified atom stereocenters. The third kappa shape index (κ3) is 4.69. The first-order chi connectivity index (χ1) is 9.66. The Hall–Kier alpha value is -1.11. The van der Waals surface area contributed by atoms with Crippen molar-refractivity contribution in [3.63, 3.8) is 0 Å². The average Bonchev–Trinajstić information content (AvgIpc) is 2.38. The van der Waals surface area contributed by atoms with Gasteiger partial charge in [-0.15, -0.1) is 0 Å². The van der Waals surface area contributed by atoms with E-state index in [0.717, 1.165) is 10.7 Å². The zero-order chi connectivity index (χ0) is 16.2. The van der Waals surface area contributed by atoms with E-state index in [9.17, 15) is 13.2 Å². The van der Waals surface area contributed by atoms with Gasteiger partial charge < -0.3 is 5.32 Å². The van der Waals surface area contributed by atoms with Crippen molar-refractivity contribution in [1.82, 2.24) is 9.62 Å². The highest BCUT2D eigenvalue weighted by atomic mass is 35.5. The summed E-state index contributed by atoms with van der Waals surface area (Å²) in [5, 5.41) is 2.87. The molecule has 1 aromatic carbocycles. The molecule has 0 spiro atoms. The monoisotopic (exact) mass is 332 g/mol. The highest BCUT2D eigenvalue weighted by Gasteiger charge is 2.22. The summed E-state index contributed by atoms with van der Waals surface area (Å²) in [4.78, 5) is 12.0. The first-order valence-electron chi connectivity index (χ1n) is 6.66. The number of carbonyl (C=O) groups excluding carboxylic acids is 1. The molecule has 0 heterocycles. The zero-order valence-corrected chi connectivity index (χ0v) is 14.3. The SMILES string of the molecule is CC(C)CCNC(=O)c1ccc(Cl)c(S(=O)(=O)N(C)C)c1. The van der Waals surface area contributed by atoms with E-state index in [0.29, 0.717) is 12.5 Å². The van der Waals surface area contributed by atoms with E-state index in [1.807, 2.05) is 0 Å². The van der Waals surface area contributed by atoms with E-state index in [1.54, 1.807) is 0 Å². The molecule has 118 valence electrons. The number of nitrogens with one attached hydrogen (secondary N) is 1. The van der Waals surface area contributed by atoms with Gasteiger partial charge in [-0.2, -0.15) is 0 Å². The molecule has 5 nitrogen and oxygen atoms in total. The van der Waals surface area contributed by atoms with Crippen molar-refractivity contribution >= 4 is 27.5 Å². The van der Waals surface area contributed by atoms with Gasteiger partial charge in [-0.1, -0.05) is 25.4 Å². The molecule has 21 heavy (non-hydrogen) atoms. The maximum atomic E-state index is 12.1. The summed E-state index contributed by atoms with van der Waals surface area (Å²) >= 11 is 5.94. The number of carbonyl (C=O) groups is 1. The second-order valence-electron chi connectivity index (χ2n) is 5.37. The Morgan fingerprint density at radius 3 is 2.48 bits per heavy atom. The molecule has 0 radical (unpaired) electrons. The fraction of sp³-hybridized carbons (Fsp3) is 0.500. The van der Waals surface area contributed by atoms with Crippen molar-refractivity contribution in [1.29, 1.82) is 0 Å². The zero-order valence-electron chi connectivity index (χ0n) is 12.7. The van der Waals surface area contributed by atoms with Crippen molar-refractivity contribution in [3.05, 3.63) is 28.8 Å². The van der Waals surface area contributed by atoms with Crippen LogP contribution in [0.15, 0.2) is 23.1 Å². The van der Waals surface area contributed by atoms with Gasteiger partial charge in [0.1, 0.15) is 4.90 Å². The summed E-state index contributed by atoms with van der Waals surface area (Å²) in [6.07, 6.45) is 0.863. The highest BCUT2D eigenvalue weighted by molar-refractivity contribution is 7.89. The lowest BCUT2D eigenvalue weighted by molar-refractivity contribution is 0.0952. The van der Waals surface area contributed by atoms with Crippen LogP contribution in [0.2, 0.25) is 5.02 Å².